The zero-order valence-corrected chi connectivity index (χ0v) is 14.3. The van der Waals surface area contributed by atoms with Gasteiger partial charge in [-0.15, -0.1) is 11.3 Å². The van der Waals surface area contributed by atoms with Crippen LogP contribution in [0.2, 0.25) is 0 Å². The number of hydrogen-bond acceptors (Lipinski definition) is 4. The second kappa shape index (κ2) is 6.45. The number of imidazole rings is 1. The third-order valence-electron chi connectivity index (χ3n) is 4.11. The minimum absolute atomic E-state index is 0.813. The number of nitrogens with zero attached hydrogens (tertiary/aromatic N) is 3. The van der Waals surface area contributed by atoms with Gasteiger partial charge in [0.2, 0.25) is 0 Å². The predicted molar refractivity (Wildman–Crippen MR) is 99.5 cm³/mol. The maximum absolute atomic E-state index is 4.46. The minimum Gasteiger partial charge on any atom is -0.380 e. The van der Waals surface area contributed by atoms with Gasteiger partial charge in [0, 0.05) is 17.1 Å². The Morgan fingerprint density at radius 3 is 2.88 bits per heavy atom. The minimum atomic E-state index is 0.813. The van der Waals surface area contributed by atoms with Crippen molar-refractivity contribution in [3.8, 4) is 0 Å². The lowest BCUT2D eigenvalue weighted by Gasteiger charge is -2.09. The van der Waals surface area contributed by atoms with Crippen LogP contribution in [0.15, 0.2) is 60.4 Å². The van der Waals surface area contributed by atoms with Gasteiger partial charge < -0.3 is 9.88 Å². The van der Waals surface area contributed by atoms with Crippen molar-refractivity contribution in [2.24, 2.45) is 0 Å². The summed E-state index contributed by atoms with van der Waals surface area (Å²) >= 11 is 1.69. The monoisotopic (exact) mass is 334 g/mol. The number of benzene rings is 2. The highest BCUT2D eigenvalue weighted by Gasteiger charge is 2.04. The van der Waals surface area contributed by atoms with Crippen molar-refractivity contribution in [1.82, 2.24) is 14.5 Å². The van der Waals surface area contributed by atoms with Gasteiger partial charge in [-0.1, -0.05) is 24.3 Å². The standard InChI is InChI=1S/C19H18N4S/c1-14-19(24-13-22-14)10-20-16-6-4-5-15(9-16)11-23-12-21-17-7-2-3-8-18(17)23/h2-9,12-13,20H,10-11H2,1H3. The fourth-order valence-corrected chi connectivity index (χ4v) is 3.51. The number of rotatable bonds is 5. The molecule has 24 heavy (non-hydrogen) atoms. The summed E-state index contributed by atoms with van der Waals surface area (Å²) in [6.45, 7) is 3.68. The molecule has 0 saturated carbocycles. The van der Waals surface area contributed by atoms with Crippen LogP contribution in [0.4, 0.5) is 5.69 Å². The molecular weight excluding hydrogens is 316 g/mol. The molecule has 0 unspecified atom stereocenters. The van der Waals surface area contributed by atoms with Crippen molar-refractivity contribution < 1.29 is 0 Å². The van der Waals surface area contributed by atoms with E-state index in [1.165, 1.54) is 10.4 Å². The molecule has 120 valence electrons. The summed E-state index contributed by atoms with van der Waals surface area (Å²) < 4.78 is 2.18. The fraction of sp³-hybridized carbons (Fsp3) is 0.158. The Morgan fingerprint density at radius 1 is 1.08 bits per heavy atom. The van der Waals surface area contributed by atoms with Crippen LogP contribution in [0.1, 0.15) is 16.1 Å². The molecule has 0 atom stereocenters. The third kappa shape index (κ3) is 3.03. The third-order valence-corrected chi connectivity index (χ3v) is 5.04. The first-order valence-corrected chi connectivity index (χ1v) is 8.79. The zero-order valence-electron chi connectivity index (χ0n) is 13.4. The first-order chi connectivity index (χ1) is 11.8. The molecule has 4 aromatic rings. The molecule has 0 aliphatic carbocycles. The lowest BCUT2D eigenvalue weighted by Crippen LogP contribution is -2.01. The molecule has 0 aliphatic rings. The van der Waals surface area contributed by atoms with Crippen LogP contribution in [0, 0.1) is 6.92 Å². The number of para-hydroxylation sites is 2. The molecule has 4 nitrogen and oxygen atoms in total. The molecule has 0 spiro atoms. The molecule has 2 aromatic carbocycles. The van der Waals surface area contributed by atoms with E-state index in [2.05, 4.69) is 56.3 Å². The second-order valence-electron chi connectivity index (χ2n) is 5.78. The number of thiazole rings is 1. The summed E-state index contributed by atoms with van der Waals surface area (Å²) in [5.41, 5.74) is 7.58. The van der Waals surface area contributed by atoms with E-state index in [0.29, 0.717) is 0 Å². The molecule has 2 aromatic heterocycles. The van der Waals surface area contributed by atoms with E-state index in [0.717, 1.165) is 35.5 Å². The summed E-state index contributed by atoms with van der Waals surface area (Å²) in [6.07, 6.45) is 1.91. The van der Waals surface area contributed by atoms with Crippen molar-refractivity contribution in [2.45, 2.75) is 20.0 Å². The first-order valence-electron chi connectivity index (χ1n) is 7.91. The Balaban J connectivity index is 1.51. The summed E-state index contributed by atoms with van der Waals surface area (Å²) in [5.74, 6) is 0. The Kier molecular flexibility index (Phi) is 4.01. The lowest BCUT2D eigenvalue weighted by molar-refractivity contribution is 0.824. The SMILES string of the molecule is Cc1ncsc1CNc1cccc(Cn2cnc3ccccc32)c1. The van der Waals surface area contributed by atoms with Gasteiger partial charge in [-0.2, -0.15) is 0 Å². The molecule has 0 amide bonds. The summed E-state index contributed by atoms with van der Waals surface area (Å²) in [5, 5.41) is 3.49. The molecule has 0 aliphatic heterocycles. The highest BCUT2D eigenvalue weighted by atomic mass is 32.1. The number of fused-ring (bicyclic) bond motifs is 1. The molecule has 0 saturated heterocycles. The van der Waals surface area contributed by atoms with Crippen LogP contribution in [0.3, 0.4) is 0 Å². The Labute approximate surface area is 144 Å². The van der Waals surface area contributed by atoms with Gasteiger partial charge in [0.1, 0.15) is 0 Å². The molecular formula is C19H18N4S. The van der Waals surface area contributed by atoms with Gasteiger partial charge in [0.25, 0.3) is 0 Å². The Bertz CT molecular complexity index is 970. The molecule has 4 rings (SSSR count). The van der Waals surface area contributed by atoms with Crippen molar-refractivity contribution in [3.63, 3.8) is 0 Å². The second-order valence-corrected chi connectivity index (χ2v) is 6.72. The van der Waals surface area contributed by atoms with Crippen molar-refractivity contribution in [3.05, 3.63) is 76.5 Å². The van der Waals surface area contributed by atoms with Crippen LogP contribution in [0.5, 0.6) is 0 Å². The molecule has 1 N–H and O–H groups in total. The molecule has 2 heterocycles. The largest absolute Gasteiger partial charge is 0.380 e. The summed E-state index contributed by atoms with van der Waals surface area (Å²) in [4.78, 5) is 10.0. The van der Waals surface area contributed by atoms with E-state index in [1.54, 1.807) is 11.3 Å². The maximum Gasteiger partial charge on any atom is 0.0961 e. The van der Waals surface area contributed by atoms with Crippen molar-refractivity contribution in [1.29, 1.82) is 0 Å². The summed E-state index contributed by atoms with van der Waals surface area (Å²) in [6, 6.07) is 16.8. The topological polar surface area (TPSA) is 42.7 Å². The Morgan fingerprint density at radius 2 is 2.00 bits per heavy atom. The van der Waals surface area contributed by atoms with E-state index in [1.807, 2.05) is 30.9 Å². The predicted octanol–water partition coefficient (Wildman–Crippen LogP) is 4.46. The zero-order chi connectivity index (χ0) is 16.4. The molecule has 0 radical (unpaired) electrons. The van der Waals surface area contributed by atoms with E-state index < -0.39 is 0 Å². The summed E-state index contributed by atoms with van der Waals surface area (Å²) in [7, 11) is 0. The van der Waals surface area contributed by atoms with Gasteiger partial charge >= 0.3 is 0 Å². The smallest absolute Gasteiger partial charge is 0.0961 e. The fourth-order valence-electron chi connectivity index (χ4n) is 2.79. The molecule has 0 fully saturated rings. The van der Waals surface area contributed by atoms with Gasteiger partial charge in [-0.05, 0) is 36.8 Å². The van der Waals surface area contributed by atoms with E-state index >= 15 is 0 Å². The van der Waals surface area contributed by atoms with Gasteiger partial charge in [-0.3, -0.25) is 0 Å². The van der Waals surface area contributed by atoms with E-state index in [9.17, 15) is 0 Å². The number of aryl methyl sites for hydroxylation is 1. The van der Waals surface area contributed by atoms with E-state index in [-0.39, 0.29) is 0 Å². The molecule has 0 bridgehead atoms. The highest BCUT2D eigenvalue weighted by Crippen LogP contribution is 2.18. The number of hydrogen-bond donors (Lipinski definition) is 1. The number of nitrogens with one attached hydrogen (secondary N) is 1. The van der Waals surface area contributed by atoms with Crippen molar-refractivity contribution in [2.75, 3.05) is 5.32 Å². The quantitative estimate of drug-likeness (QED) is 0.586. The first kappa shape index (κ1) is 14.9. The van der Waals surface area contributed by atoms with Crippen LogP contribution in [-0.4, -0.2) is 14.5 Å². The van der Waals surface area contributed by atoms with Crippen LogP contribution < -0.4 is 5.32 Å². The van der Waals surface area contributed by atoms with Gasteiger partial charge in [-0.25, -0.2) is 9.97 Å². The van der Waals surface area contributed by atoms with Gasteiger partial charge in [0.15, 0.2) is 0 Å². The number of anilines is 1. The van der Waals surface area contributed by atoms with Crippen LogP contribution >= 0.6 is 11.3 Å². The Hall–Kier alpha value is -2.66. The van der Waals surface area contributed by atoms with Crippen LogP contribution in [0.25, 0.3) is 11.0 Å². The maximum atomic E-state index is 4.46. The number of aromatic nitrogens is 3. The highest BCUT2D eigenvalue weighted by molar-refractivity contribution is 7.09. The lowest BCUT2D eigenvalue weighted by atomic mass is 10.2. The van der Waals surface area contributed by atoms with E-state index in [4.69, 9.17) is 0 Å². The van der Waals surface area contributed by atoms with Crippen molar-refractivity contribution >= 4 is 28.1 Å². The average molecular weight is 334 g/mol. The van der Waals surface area contributed by atoms with Gasteiger partial charge in [0.05, 0.1) is 35.1 Å². The average Bonchev–Trinajstić information content (AvgIpc) is 3.20. The van der Waals surface area contributed by atoms with Crippen LogP contribution in [-0.2, 0) is 13.1 Å². The molecule has 5 heteroatoms. The normalized spacial score (nSPS) is 11.0.